The van der Waals surface area contributed by atoms with E-state index in [1.165, 1.54) is 56.3 Å². The third kappa shape index (κ3) is 2.94. The second-order valence-electron chi connectivity index (χ2n) is 6.61. The highest BCUT2D eigenvalue weighted by molar-refractivity contribution is 5.55. The second-order valence-corrected chi connectivity index (χ2v) is 6.61. The lowest BCUT2D eigenvalue weighted by molar-refractivity contribution is 0.673. The predicted octanol–water partition coefficient (Wildman–Crippen LogP) is 3.32. The number of rotatable bonds is 7. The number of nitrogens with zero attached hydrogens (tertiary/aromatic N) is 1. The van der Waals surface area contributed by atoms with Crippen molar-refractivity contribution in [2.24, 2.45) is 5.92 Å². The van der Waals surface area contributed by atoms with Crippen molar-refractivity contribution in [1.29, 1.82) is 0 Å². The van der Waals surface area contributed by atoms with Crippen LogP contribution in [0.5, 0.6) is 0 Å². The van der Waals surface area contributed by atoms with Gasteiger partial charge in [0.15, 0.2) is 0 Å². The summed E-state index contributed by atoms with van der Waals surface area (Å²) >= 11 is 0. The van der Waals surface area contributed by atoms with Crippen molar-refractivity contribution in [2.45, 2.75) is 57.2 Å². The lowest BCUT2D eigenvalue weighted by Crippen LogP contribution is -2.30. The third-order valence-electron chi connectivity index (χ3n) is 4.60. The van der Waals surface area contributed by atoms with Gasteiger partial charge < -0.3 is 10.2 Å². The van der Waals surface area contributed by atoms with Crippen molar-refractivity contribution in [2.75, 3.05) is 11.4 Å². The molecule has 0 unspecified atom stereocenters. The van der Waals surface area contributed by atoms with Crippen LogP contribution in [0, 0.1) is 5.92 Å². The molecule has 1 N–H and O–H groups in total. The Bertz CT molecular complexity index is 444. The number of hydrogen-bond acceptors (Lipinski definition) is 2. The Balaban J connectivity index is 1.52. The molecule has 0 saturated heterocycles. The Kier molecular flexibility index (Phi) is 2.99. The topological polar surface area (TPSA) is 15.3 Å². The van der Waals surface area contributed by atoms with E-state index in [1.54, 1.807) is 0 Å². The summed E-state index contributed by atoms with van der Waals surface area (Å²) in [4.78, 5) is 2.71. The molecule has 102 valence electrons. The average Bonchev–Trinajstić information content (AvgIpc) is 3.29. The van der Waals surface area contributed by atoms with Gasteiger partial charge in [-0.3, -0.25) is 0 Å². The first-order valence-corrected chi connectivity index (χ1v) is 7.98. The summed E-state index contributed by atoms with van der Waals surface area (Å²) in [6, 6.07) is 10.7. The number of para-hydroxylation sites is 1. The molecule has 0 bridgehead atoms. The molecule has 0 heterocycles. The van der Waals surface area contributed by atoms with Gasteiger partial charge in [0, 0.05) is 30.9 Å². The fourth-order valence-corrected chi connectivity index (χ4v) is 2.89. The number of anilines is 1. The van der Waals surface area contributed by atoms with Crippen molar-refractivity contribution >= 4 is 5.69 Å². The van der Waals surface area contributed by atoms with Gasteiger partial charge in [-0.05, 0) is 56.1 Å². The number of hydrogen-bond donors (Lipinski definition) is 1. The van der Waals surface area contributed by atoms with Gasteiger partial charge >= 0.3 is 0 Å². The van der Waals surface area contributed by atoms with Crippen molar-refractivity contribution in [3.8, 4) is 0 Å². The van der Waals surface area contributed by atoms with Crippen LogP contribution >= 0.6 is 0 Å². The lowest BCUT2D eigenvalue weighted by atomic mass is 10.1. The van der Waals surface area contributed by atoms with Crippen LogP contribution in [0.2, 0.25) is 0 Å². The summed E-state index contributed by atoms with van der Waals surface area (Å²) in [6.45, 7) is 2.35. The molecule has 2 heteroatoms. The van der Waals surface area contributed by atoms with E-state index >= 15 is 0 Å². The molecule has 0 atom stereocenters. The average molecular weight is 256 g/mol. The molecule has 19 heavy (non-hydrogen) atoms. The van der Waals surface area contributed by atoms with Gasteiger partial charge in [0.05, 0.1) is 0 Å². The fourth-order valence-electron chi connectivity index (χ4n) is 2.89. The lowest BCUT2D eigenvalue weighted by Gasteiger charge is -2.27. The second kappa shape index (κ2) is 4.82. The molecule has 3 fully saturated rings. The minimum Gasteiger partial charge on any atom is -0.368 e. The summed E-state index contributed by atoms with van der Waals surface area (Å²) < 4.78 is 0. The first-order valence-electron chi connectivity index (χ1n) is 7.98. The number of benzene rings is 1. The van der Waals surface area contributed by atoms with Crippen LogP contribution in [0.3, 0.4) is 0 Å². The van der Waals surface area contributed by atoms with Gasteiger partial charge in [-0.2, -0.15) is 0 Å². The zero-order valence-electron chi connectivity index (χ0n) is 11.6. The maximum absolute atomic E-state index is 3.67. The van der Waals surface area contributed by atoms with E-state index in [9.17, 15) is 0 Å². The van der Waals surface area contributed by atoms with Crippen molar-refractivity contribution in [3.63, 3.8) is 0 Å². The van der Waals surface area contributed by atoms with E-state index < -0.39 is 0 Å². The minimum absolute atomic E-state index is 0.797. The van der Waals surface area contributed by atoms with Crippen molar-refractivity contribution in [1.82, 2.24) is 5.32 Å². The normalized spacial score (nSPS) is 22.5. The smallest absolute Gasteiger partial charge is 0.0414 e. The summed E-state index contributed by atoms with van der Waals surface area (Å²) in [5.41, 5.74) is 3.01. The van der Waals surface area contributed by atoms with Gasteiger partial charge in [-0.25, -0.2) is 0 Å². The molecular formula is C17H24N2. The van der Waals surface area contributed by atoms with Gasteiger partial charge in [0.25, 0.3) is 0 Å². The summed E-state index contributed by atoms with van der Waals surface area (Å²) in [5.74, 6) is 0.977. The highest BCUT2D eigenvalue weighted by Gasteiger charge is 2.34. The molecule has 3 aliphatic carbocycles. The monoisotopic (exact) mass is 256 g/mol. The SMILES string of the molecule is c1ccc(N(CC2CC2)C2CC2)c(CNC2CC2)c1. The summed E-state index contributed by atoms with van der Waals surface area (Å²) in [6.07, 6.45) is 8.44. The molecule has 0 radical (unpaired) electrons. The van der Waals surface area contributed by atoms with Crippen LogP contribution in [0.15, 0.2) is 24.3 Å². The first kappa shape index (κ1) is 11.8. The van der Waals surface area contributed by atoms with Crippen LogP contribution in [0.1, 0.15) is 44.1 Å². The Hall–Kier alpha value is -1.02. The van der Waals surface area contributed by atoms with E-state index in [0.29, 0.717) is 0 Å². The first-order chi connectivity index (χ1) is 9.40. The molecule has 1 aromatic rings. The fraction of sp³-hybridized carbons (Fsp3) is 0.647. The van der Waals surface area contributed by atoms with Crippen LogP contribution in [-0.4, -0.2) is 18.6 Å². The van der Waals surface area contributed by atoms with Crippen LogP contribution < -0.4 is 10.2 Å². The van der Waals surface area contributed by atoms with E-state index in [1.807, 2.05) is 0 Å². The predicted molar refractivity (Wildman–Crippen MR) is 79.4 cm³/mol. The molecular weight excluding hydrogens is 232 g/mol. The van der Waals surface area contributed by atoms with Gasteiger partial charge in [0.1, 0.15) is 0 Å². The highest BCUT2D eigenvalue weighted by Crippen LogP contribution is 2.38. The maximum atomic E-state index is 3.67. The Morgan fingerprint density at radius 1 is 1.00 bits per heavy atom. The molecule has 3 saturated carbocycles. The Labute approximate surface area is 116 Å². The van der Waals surface area contributed by atoms with Gasteiger partial charge in [-0.15, -0.1) is 0 Å². The Morgan fingerprint density at radius 3 is 2.47 bits per heavy atom. The zero-order chi connectivity index (χ0) is 12.7. The molecule has 0 amide bonds. The third-order valence-corrected chi connectivity index (χ3v) is 4.60. The van der Waals surface area contributed by atoms with Crippen molar-refractivity contribution < 1.29 is 0 Å². The molecule has 3 aliphatic rings. The van der Waals surface area contributed by atoms with E-state index in [0.717, 1.165) is 24.5 Å². The molecule has 0 aliphatic heterocycles. The standard InChI is InChI=1S/C17H24N2/c1-2-4-17(14(3-1)11-18-15-7-8-15)19(16-9-10-16)12-13-5-6-13/h1-4,13,15-16,18H,5-12H2. The van der Waals surface area contributed by atoms with E-state index in [-0.39, 0.29) is 0 Å². The largest absolute Gasteiger partial charge is 0.368 e. The highest BCUT2D eigenvalue weighted by atomic mass is 15.2. The van der Waals surface area contributed by atoms with E-state index in [2.05, 4.69) is 34.5 Å². The van der Waals surface area contributed by atoms with Crippen molar-refractivity contribution in [3.05, 3.63) is 29.8 Å². The molecule has 1 aromatic carbocycles. The maximum Gasteiger partial charge on any atom is 0.0414 e. The van der Waals surface area contributed by atoms with E-state index in [4.69, 9.17) is 0 Å². The van der Waals surface area contributed by atoms with Crippen LogP contribution in [0.4, 0.5) is 5.69 Å². The zero-order valence-corrected chi connectivity index (χ0v) is 11.6. The molecule has 0 spiro atoms. The quantitative estimate of drug-likeness (QED) is 0.805. The van der Waals surface area contributed by atoms with Gasteiger partial charge in [0.2, 0.25) is 0 Å². The van der Waals surface area contributed by atoms with Gasteiger partial charge in [-0.1, -0.05) is 18.2 Å². The van der Waals surface area contributed by atoms with Crippen LogP contribution in [-0.2, 0) is 6.54 Å². The molecule has 4 rings (SSSR count). The summed E-state index contributed by atoms with van der Waals surface area (Å²) in [7, 11) is 0. The van der Waals surface area contributed by atoms with Crippen LogP contribution in [0.25, 0.3) is 0 Å². The Morgan fingerprint density at radius 2 is 1.79 bits per heavy atom. The minimum atomic E-state index is 0.797. The summed E-state index contributed by atoms with van der Waals surface area (Å²) in [5, 5.41) is 3.67. The number of nitrogens with one attached hydrogen (secondary N) is 1. The molecule has 0 aromatic heterocycles. The molecule has 2 nitrogen and oxygen atoms in total.